The number of hydrogen-bond donors (Lipinski definition) is 3. The Morgan fingerprint density at radius 3 is 2.36 bits per heavy atom. The van der Waals surface area contributed by atoms with Crippen LogP contribution in [0.2, 0.25) is 0 Å². The van der Waals surface area contributed by atoms with Gasteiger partial charge in [0.1, 0.15) is 5.75 Å². The quantitative estimate of drug-likeness (QED) is 0.207. The first-order chi connectivity index (χ1) is 17.3. The molecule has 2 aromatic carbocycles. The Labute approximate surface area is 216 Å². The molecule has 1 saturated carbocycles. The number of nitrogens with zero attached hydrogens (tertiary/aromatic N) is 1. The van der Waals surface area contributed by atoms with Gasteiger partial charge >= 0.3 is 5.97 Å². The van der Waals surface area contributed by atoms with Crippen LogP contribution in [0.4, 0.5) is 11.4 Å². The van der Waals surface area contributed by atoms with E-state index >= 15 is 0 Å². The molecule has 0 saturated heterocycles. The summed E-state index contributed by atoms with van der Waals surface area (Å²) in [4.78, 5) is 13.8. The normalized spacial score (nSPS) is 19.5. The fourth-order valence-corrected chi connectivity index (χ4v) is 7.55. The van der Waals surface area contributed by atoms with E-state index in [1.165, 1.54) is 6.26 Å². The minimum absolute atomic E-state index is 0.232. The first-order valence-corrected chi connectivity index (χ1v) is 14.8. The van der Waals surface area contributed by atoms with Crippen molar-refractivity contribution in [1.82, 2.24) is 0 Å². The molecule has 0 atom stereocenters. The molecule has 0 aromatic heterocycles. The van der Waals surface area contributed by atoms with Crippen molar-refractivity contribution in [3.05, 3.63) is 60.4 Å². The highest BCUT2D eigenvalue weighted by Crippen LogP contribution is 2.62. The molecule has 4 rings (SSSR count). The fourth-order valence-electron chi connectivity index (χ4n) is 5.36. The number of benzene rings is 2. The maximum Gasteiger partial charge on any atom is 0.331 e. The third-order valence-electron chi connectivity index (χ3n) is 7.35. The lowest BCUT2D eigenvalue weighted by Crippen LogP contribution is -2.37. The molecular formula is C29H39NO5S. The van der Waals surface area contributed by atoms with Gasteiger partial charge in [0.2, 0.25) is 0 Å². The van der Waals surface area contributed by atoms with Crippen molar-refractivity contribution in [3.8, 4) is 5.75 Å². The van der Waals surface area contributed by atoms with E-state index in [0.717, 1.165) is 80.9 Å². The van der Waals surface area contributed by atoms with E-state index in [9.17, 15) is 13.9 Å². The Balaban J connectivity index is 1.88. The first kappa shape index (κ1) is 26.6. The minimum atomic E-state index is -3.14. The highest BCUT2D eigenvalue weighted by molar-refractivity contribution is 8.24. The number of para-hydroxylation sites is 1. The van der Waals surface area contributed by atoms with Crippen LogP contribution in [-0.4, -0.2) is 32.5 Å². The molecule has 0 bridgehead atoms. The molecule has 2 aliphatic rings. The average Bonchev–Trinajstić information content (AvgIpc) is 3.70. The van der Waals surface area contributed by atoms with Gasteiger partial charge in [-0.05, 0) is 49.8 Å². The smallest absolute Gasteiger partial charge is 0.331 e. The summed E-state index contributed by atoms with van der Waals surface area (Å²) in [5.41, 5.74) is 2.63. The predicted molar refractivity (Wildman–Crippen MR) is 147 cm³/mol. The van der Waals surface area contributed by atoms with Crippen LogP contribution in [0.3, 0.4) is 0 Å². The highest BCUT2D eigenvalue weighted by atomic mass is 32.3. The van der Waals surface area contributed by atoms with Crippen LogP contribution in [0.15, 0.2) is 59.7 Å². The molecule has 196 valence electrons. The molecule has 3 N–H and O–H groups in total. The molecule has 0 spiro atoms. The lowest BCUT2D eigenvalue weighted by molar-refractivity contribution is -0.131. The van der Waals surface area contributed by atoms with Crippen LogP contribution < -0.4 is 9.64 Å². The van der Waals surface area contributed by atoms with E-state index in [4.69, 9.17) is 9.84 Å². The summed E-state index contributed by atoms with van der Waals surface area (Å²) >= 11 is 0. The Morgan fingerprint density at radius 1 is 1.11 bits per heavy atom. The molecule has 0 radical (unpaired) electrons. The highest BCUT2D eigenvalue weighted by Gasteiger charge is 2.43. The summed E-state index contributed by atoms with van der Waals surface area (Å²) in [6, 6.07) is 14.0. The van der Waals surface area contributed by atoms with Crippen LogP contribution in [0, 0.1) is 5.41 Å². The van der Waals surface area contributed by atoms with E-state index in [1.807, 2.05) is 18.2 Å². The van der Waals surface area contributed by atoms with Gasteiger partial charge in [-0.1, -0.05) is 57.7 Å². The molecule has 1 aliphatic heterocycles. The Morgan fingerprint density at radius 2 is 1.78 bits per heavy atom. The molecule has 2 aromatic rings. The van der Waals surface area contributed by atoms with E-state index in [-0.39, 0.29) is 5.41 Å². The second kappa shape index (κ2) is 11.3. The van der Waals surface area contributed by atoms with E-state index in [1.54, 1.807) is 6.07 Å². The number of aliphatic carboxylic acids is 1. The fraction of sp³-hybridized carbons (Fsp3) is 0.483. The van der Waals surface area contributed by atoms with Crippen molar-refractivity contribution in [2.45, 2.75) is 76.0 Å². The van der Waals surface area contributed by atoms with Crippen molar-refractivity contribution >= 4 is 27.9 Å². The van der Waals surface area contributed by atoms with Crippen LogP contribution in [0.25, 0.3) is 0 Å². The zero-order chi connectivity index (χ0) is 25.8. The van der Waals surface area contributed by atoms with Gasteiger partial charge in [-0.3, -0.25) is 9.11 Å². The lowest BCUT2D eigenvalue weighted by Gasteiger charge is -2.42. The van der Waals surface area contributed by atoms with Crippen molar-refractivity contribution in [3.63, 3.8) is 0 Å². The molecule has 0 unspecified atom stereocenters. The minimum Gasteiger partial charge on any atom is -0.478 e. The van der Waals surface area contributed by atoms with Crippen LogP contribution in [0.5, 0.6) is 5.75 Å². The summed E-state index contributed by atoms with van der Waals surface area (Å²) in [6.07, 6.45) is 10.3. The predicted octanol–water partition coefficient (Wildman–Crippen LogP) is 8.17. The summed E-state index contributed by atoms with van der Waals surface area (Å²) in [5, 5.41) is 9.01. The van der Waals surface area contributed by atoms with Gasteiger partial charge in [-0.2, -0.15) is 10.6 Å². The van der Waals surface area contributed by atoms with Gasteiger partial charge in [0.15, 0.2) is 0 Å². The monoisotopic (exact) mass is 513 g/mol. The summed E-state index contributed by atoms with van der Waals surface area (Å²) in [6.45, 7) is 5.09. The number of carbonyl (C=O) groups is 1. The van der Waals surface area contributed by atoms with Gasteiger partial charge in [0, 0.05) is 35.0 Å². The van der Waals surface area contributed by atoms with E-state index in [0.29, 0.717) is 22.3 Å². The molecule has 6 nitrogen and oxygen atoms in total. The zero-order valence-corrected chi connectivity index (χ0v) is 22.2. The number of ether oxygens (including phenoxy) is 1. The van der Waals surface area contributed by atoms with E-state index < -0.39 is 16.6 Å². The van der Waals surface area contributed by atoms with Crippen molar-refractivity contribution in [2.24, 2.45) is 5.41 Å². The Hall–Kier alpha value is -2.48. The van der Waals surface area contributed by atoms with Crippen LogP contribution in [-0.2, 0) is 4.79 Å². The van der Waals surface area contributed by atoms with Gasteiger partial charge in [-0.15, -0.1) is 0 Å². The number of carboxylic acid groups (broad SMARTS) is 1. The standard InChI is InChI=1S/C29H39NO5S/c1-3-5-15-29(16-6-4-2)20-30(23-10-8-7-9-11-23)25-18-24(22-12-13-22)26(35-17-14-28(31)32)19-27(25)36(33,34)21-29/h7-11,14,17-19,22,33-34H,3-6,12-13,15-16,20-21H2,1-2H3,(H,31,32)/b17-14-. The second-order valence-corrected chi connectivity index (χ2v) is 12.4. The summed E-state index contributed by atoms with van der Waals surface area (Å²) < 4.78 is 29.3. The lowest BCUT2D eigenvalue weighted by atomic mass is 9.79. The topological polar surface area (TPSA) is 90.2 Å². The number of fused-ring (bicyclic) bond motifs is 1. The average molecular weight is 514 g/mol. The van der Waals surface area contributed by atoms with Gasteiger partial charge in [0.25, 0.3) is 0 Å². The number of unbranched alkanes of at least 4 members (excludes halogenated alkanes) is 2. The Kier molecular flexibility index (Phi) is 8.33. The van der Waals surface area contributed by atoms with Crippen molar-refractivity contribution in [1.29, 1.82) is 0 Å². The van der Waals surface area contributed by atoms with Crippen molar-refractivity contribution in [2.75, 3.05) is 17.2 Å². The third-order valence-corrected chi connectivity index (χ3v) is 9.39. The number of rotatable bonds is 11. The maximum absolute atomic E-state index is 11.7. The summed E-state index contributed by atoms with van der Waals surface area (Å²) in [5.74, 6) is 0.0742. The number of hydrogen-bond acceptors (Lipinski definition) is 5. The second-order valence-electron chi connectivity index (χ2n) is 10.3. The van der Waals surface area contributed by atoms with Crippen LogP contribution in [0.1, 0.15) is 76.7 Å². The molecule has 1 fully saturated rings. The Bertz CT molecular complexity index is 1070. The molecule has 7 heteroatoms. The maximum atomic E-state index is 11.7. The first-order valence-electron chi connectivity index (χ1n) is 13.1. The SMILES string of the molecule is CCCCC1(CCCC)CN(c2ccccc2)c2cc(C3CC3)c(O/C=C\C(=O)O)cc2S(O)(O)C1. The van der Waals surface area contributed by atoms with E-state index in [2.05, 4.69) is 36.9 Å². The van der Waals surface area contributed by atoms with Gasteiger partial charge in [0.05, 0.1) is 22.9 Å². The van der Waals surface area contributed by atoms with Crippen molar-refractivity contribution < 1.29 is 23.7 Å². The molecule has 1 heterocycles. The van der Waals surface area contributed by atoms with Gasteiger partial charge in [-0.25, -0.2) is 4.79 Å². The molecule has 1 aliphatic carbocycles. The number of anilines is 2. The summed E-state index contributed by atoms with van der Waals surface area (Å²) in [7, 11) is -3.14. The number of carboxylic acids is 1. The third kappa shape index (κ3) is 6.07. The molecule has 0 amide bonds. The largest absolute Gasteiger partial charge is 0.478 e. The molecule has 36 heavy (non-hydrogen) atoms. The van der Waals surface area contributed by atoms with Gasteiger partial charge < -0.3 is 14.7 Å². The van der Waals surface area contributed by atoms with Crippen LogP contribution >= 0.6 is 10.6 Å². The molecular weight excluding hydrogens is 474 g/mol. The zero-order valence-electron chi connectivity index (χ0n) is 21.4.